The molecule has 2 aromatic rings. The van der Waals surface area contributed by atoms with Gasteiger partial charge in [-0.2, -0.15) is 0 Å². The molecule has 1 aromatic carbocycles. The van der Waals surface area contributed by atoms with Crippen LogP contribution in [0, 0.1) is 6.92 Å². The van der Waals surface area contributed by atoms with Crippen molar-refractivity contribution in [3.63, 3.8) is 0 Å². The van der Waals surface area contributed by atoms with E-state index in [1.54, 1.807) is 19.1 Å². The van der Waals surface area contributed by atoms with Crippen LogP contribution >= 0.6 is 0 Å². The fourth-order valence-electron chi connectivity index (χ4n) is 2.23. The third-order valence-corrected chi connectivity index (χ3v) is 3.36. The van der Waals surface area contributed by atoms with E-state index in [0.717, 1.165) is 25.2 Å². The Morgan fingerprint density at radius 1 is 1.17 bits per heavy atom. The molecule has 0 spiro atoms. The first kappa shape index (κ1) is 17.7. The Kier molecular flexibility index (Phi) is 6.54. The minimum absolute atomic E-state index is 0.339. The van der Waals surface area contributed by atoms with E-state index in [9.17, 15) is 4.79 Å². The monoisotopic (exact) mass is 328 g/mol. The summed E-state index contributed by atoms with van der Waals surface area (Å²) in [6.45, 7) is 6.98. The zero-order chi connectivity index (χ0) is 17.4. The first-order chi connectivity index (χ1) is 11.6. The summed E-state index contributed by atoms with van der Waals surface area (Å²) in [6, 6.07) is 9.06. The first-order valence-corrected chi connectivity index (χ1v) is 8.26. The number of benzene rings is 1. The second kappa shape index (κ2) is 8.86. The number of aromatic nitrogens is 2. The van der Waals surface area contributed by atoms with E-state index in [2.05, 4.69) is 27.5 Å². The number of carbonyl (C=O) groups is 1. The molecule has 1 aromatic heterocycles. The van der Waals surface area contributed by atoms with Crippen molar-refractivity contribution < 1.29 is 9.53 Å². The average Bonchev–Trinajstić information content (AvgIpc) is 2.55. The van der Waals surface area contributed by atoms with Crippen LogP contribution in [0.25, 0.3) is 0 Å². The molecular weight excluding hydrogens is 304 g/mol. The molecule has 2 rings (SSSR count). The molecule has 128 valence electrons. The van der Waals surface area contributed by atoms with Crippen molar-refractivity contribution in [2.75, 3.05) is 23.8 Å². The van der Waals surface area contributed by atoms with Gasteiger partial charge in [-0.1, -0.05) is 25.5 Å². The molecule has 0 bridgehead atoms. The van der Waals surface area contributed by atoms with E-state index >= 15 is 0 Å². The lowest BCUT2D eigenvalue weighted by Crippen LogP contribution is -2.09. The Morgan fingerprint density at radius 3 is 2.67 bits per heavy atom. The van der Waals surface area contributed by atoms with Gasteiger partial charge in [-0.25, -0.2) is 14.8 Å². The zero-order valence-corrected chi connectivity index (χ0v) is 14.4. The molecule has 0 atom stereocenters. The number of carbonyl (C=O) groups excluding carboxylic acids is 1. The van der Waals surface area contributed by atoms with Crippen LogP contribution in [0.15, 0.2) is 30.3 Å². The van der Waals surface area contributed by atoms with Crippen molar-refractivity contribution >= 4 is 23.3 Å². The van der Waals surface area contributed by atoms with Crippen molar-refractivity contribution in [3.05, 3.63) is 41.7 Å². The minimum Gasteiger partial charge on any atom is -0.462 e. The third-order valence-electron chi connectivity index (χ3n) is 3.36. The van der Waals surface area contributed by atoms with Crippen LogP contribution in [0.5, 0.6) is 0 Å². The molecule has 0 aliphatic heterocycles. The van der Waals surface area contributed by atoms with Gasteiger partial charge in [0, 0.05) is 12.6 Å². The highest BCUT2D eigenvalue weighted by molar-refractivity contribution is 5.96. The lowest BCUT2D eigenvalue weighted by molar-refractivity contribution is 0.0527. The van der Waals surface area contributed by atoms with Crippen LogP contribution in [-0.2, 0) is 4.74 Å². The van der Waals surface area contributed by atoms with Crippen LogP contribution in [-0.4, -0.2) is 29.1 Å². The zero-order valence-electron chi connectivity index (χ0n) is 14.4. The second-order valence-electron chi connectivity index (χ2n) is 5.36. The summed E-state index contributed by atoms with van der Waals surface area (Å²) in [5, 5.41) is 6.48. The molecule has 0 unspecified atom stereocenters. The fraction of sp³-hybridized carbons (Fsp3) is 0.389. The highest BCUT2D eigenvalue weighted by Crippen LogP contribution is 2.22. The third kappa shape index (κ3) is 4.94. The topological polar surface area (TPSA) is 76.1 Å². The summed E-state index contributed by atoms with van der Waals surface area (Å²) in [5.41, 5.74) is 1.14. The van der Waals surface area contributed by atoms with E-state index in [4.69, 9.17) is 4.74 Å². The SMILES string of the molecule is CCCCNc1cc(Nc2ccccc2C(=O)OCC)nc(C)n1. The van der Waals surface area contributed by atoms with Crippen molar-refractivity contribution in [3.8, 4) is 0 Å². The number of ether oxygens (including phenoxy) is 1. The highest BCUT2D eigenvalue weighted by Gasteiger charge is 2.12. The Balaban J connectivity index is 2.20. The maximum Gasteiger partial charge on any atom is 0.340 e. The molecule has 0 saturated heterocycles. The van der Waals surface area contributed by atoms with Gasteiger partial charge in [0.2, 0.25) is 0 Å². The maximum absolute atomic E-state index is 12.1. The van der Waals surface area contributed by atoms with E-state index in [1.807, 2.05) is 25.1 Å². The lowest BCUT2D eigenvalue weighted by Gasteiger charge is -2.12. The lowest BCUT2D eigenvalue weighted by atomic mass is 10.2. The van der Waals surface area contributed by atoms with Crippen LogP contribution in [0.2, 0.25) is 0 Å². The quantitative estimate of drug-likeness (QED) is 0.565. The summed E-state index contributed by atoms with van der Waals surface area (Å²) in [4.78, 5) is 20.8. The minimum atomic E-state index is -0.354. The number of para-hydroxylation sites is 1. The van der Waals surface area contributed by atoms with Gasteiger partial charge in [-0.3, -0.25) is 0 Å². The number of hydrogen-bond donors (Lipinski definition) is 2. The Bertz CT molecular complexity index is 688. The summed E-state index contributed by atoms with van der Waals surface area (Å²) >= 11 is 0. The molecular formula is C18H24N4O2. The number of hydrogen-bond acceptors (Lipinski definition) is 6. The number of aryl methyl sites for hydroxylation is 1. The van der Waals surface area contributed by atoms with E-state index in [-0.39, 0.29) is 5.97 Å². The number of unbranched alkanes of at least 4 members (excludes halogenated alkanes) is 1. The number of esters is 1. The fourth-order valence-corrected chi connectivity index (χ4v) is 2.23. The van der Waals surface area contributed by atoms with Crippen molar-refractivity contribution in [2.45, 2.75) is 33.6 Å². The Morgan fingerprint density at radius 2 is 1.92 bits per heavy atom. The van der Waals surface area contributed by atoms with Gasteiger partial charge in [0.15, 0.2) is 0 Å². The number of rotatable bonds is 8. The maximum atomic E-state index is 12.1. The molecule has 6 nitrogen and oxygen atoms in total. The average molecular weight is 328 g/mol. The van der Waals surface area contributed by atoms with Gasteiger partial charge in [0.25, 0.3) is 0 Å². The van der Waals surface area contributed by atoms with Crippen LogP contribution in [0.1, 0.15) is 42.9 Å². The molecule has 0 aliphatic carbocycles. The predicted octanol–water partition coefficient (Wildman–Crippen LogP) is 3.92. The van der Waals surface area contributed by atoms with Gasteiger partial charge in [0.1, 0.15) is 17.5 Å². The van der Waals surface area contributed by atoms with E-state index in [0.29, 0.717) is 29.5 Å². The molecule has 0 radical (unpaired) electrons. The first-order valence-electron chi connectivity index (χ1n) is 8.26. The summed E-state index contributed by atoms with van der Waals surface area (Å²) in [7, 11) is 0. The largest absolute Gasteiger partial charge is 0.462 e. The smallest absolute Gasteiger partial charge is 0.340 e. The number of anilines is 3. The van der Waals surface area contributed by atoms with Crippen LogP contribution < -0.4 is 10.6 Å². The molecule has 0 saturated carbocycles. The Labute approximate surface area is 142 Å². The Hall–Kier alpha value is -2.63. The standard InChI is InChI=1S/C18H24N4O2/c1-4-6-11-19-16-12-17(21-13(3)20-16)22-15-10-8-7-9-14(15)18(23)24-5-2/h7-10,12H,4-6,11H2,1-3H3,(H2,19,20,21,22). The van der Waals surface area contributed by atoms with Gasteiger partial charge >= 0.3 is 5.97 Å². The number of nitrogens with zero attached hydrogens (tertiary/aromatic N) is 2. The van der Waals surface area contributed by atoms with Gasteiger partial charge in [0.05, 0.1) is 17.9 Å². The van der Waals surface area contributed by atoms with E-state index in [1.165, 1.54) is 0 Å². The normalized spacial score (nSPS) is 10.3. The highest BCUT2D eigenvalue weighted by atomic mass is 16.5. The summed E-state index contributed by atoms with van der Waals surface area (Å²) in [5.74, 6) is 1.71. The van der Waals surface area contributed by atoms with Gasteiger partial charge in [-0.15, -0.1) is 0 Å². The molecule has 24 heavy (non-hydrogen) atoms. The van der Waals surface area contributed by atoms with Gasteiger partial charge in [-0.05, 0) is 32.4 Å². The van der Waals surface area contributed by atoms with Crippen LogP contribution in [0.4, 0.5) is 17.3 Å². The second-order valence-corrected chi connectivity index (χ2v) is 5.36. The van der Waals surface area contributed by atoms with Crippen molar-refractivity contribution in [1.82, 2.24) is 9.97 Å². The molecule has 2 N–H and O–H groups in total. The van der Waals surface area contributed by atoms with Crippen LogP contribution in [0.3, 0.4) is 0 Å². The molecule has 1 heterocycles. The van der Waals surface area contributed by atoms with Crippen molar-refractivity contribution in [2.24, 2.45) is 0 Å². The van der Waals surface area contributed by atoms with Crippen molar-refractivity contribution in [1.29, 1.82) is 0 Å². The predicted molar refractivity (Wildman–Crippen MR) is 95.8 cm³/mol. The molecule has 0 fully saturated rings. The van der Waals surface area contributed by atoms with Gasteiger partial charge < -0.3 is 15.4 Å². The van der Waals surface area contributed by atoms with E-state index < -0.39 is 0 Å². The number of nitrogens with one attached hydrogen (secondary N) is 2. The summed E-state index contributed by atoms with van der Waals surface area (Å²) < 4.78 is 5.10. The molecule has 6 heteroatoms. The molecule has 0 amide bonds. The molecule has 0 aliphatic rings. The summed E-state index contributed by atoms with van der Waals surface area (Å²) in [6.07, 6.45) is 2.20.